The molecule has 152 valence electrons. The van der Waals surface area contributed by atoms with Gasteiger partial charge in [-0.2, -0.15) is 6.08 Å². The molecule has 1 heterocycles. The van der Waals surface area contributed by atoms with Crippen LogP contribution in [0.1, 0.15) is 25.1 Å². The molecule has 0 fully saturated rings. The Bertz CT molecular complexity index is 1150. The second-order valence-electron chi connectivity index (χ2n) is 7.87. The summed E-state index contributed by atoms with van der Waals surface area (Å²) in [6.07, 6.45) is 9.28. The van der Waals surface area contributed by atoms with E-state index >= 15 is 0 Å². The van der Waals surface area contributed by atoms with E-state index < -0.39 is 0 Å². The van der Waals surface area contributed by atoms with Crippen molar-refractivity contribution < 1.29 is 18.5 Å². The van der Waals surface area contributed by atoms with Gasteiger partial charge in [0.2, 0.25) is 0 Å². The SMILES string of the molecule is CC1(C)[C-]=CC=C1.Cc1c(C)n(-c2cc3ccccc3[cH-]2)c2ccccc12.[Br][Zr+2][Br]. The van der Waals surface area contributed by atoms with Crippen molar-refractivity contribution in [1.82, 2.24) is 4.57 Å². The van der Waals surface area contributed by atoms with Crippen LogP contribution in [0, 0.1) is 25.3 Å². The van der Waals surface area contributed by atoms with Crippen LogP contribution in [0.5, 0.6) is 0 Å². The van der Waals surface area contributed by atoms with Gasteiger partial charge < -0.3 is 4.57 Å². The number of hydrogen-bond acceptors (Lipinski definition) is 0. The average molecular weight is 603 g/mol. The van der Waals surface area contributed by atoms with Crippen molar-refractivity contribution in [1.29, 1.82) is 0 Å². The van der Waals surface area contributed by atoms with Crippen LogP contribution >= 0.6 is 24.4 Å². The van der Waals surface area contributed by atoms with E-state index in [1.807, 2.05) is 12.2 Å². The summed E-state index contributed by atoms with van der Waals surface area (Å²) < 4.78 is 2.37. The van der Waals surface area contributed by atoms with E-state index in [0.717, 1.165) is 0 Å². The summed E-state index contributed by atoms with van der Waals surface area (Å²) in [5, 5.41) is 3.95. The number of para-hydroxylation sites is 1. The molecular weight excluding hydrogens is 577 g/mol. The van der Waals surface area contributed by atoms with Crippen LogP contribution in [0.25, 0.3) is 27.4 Å². The molecule has 1 aliphatic rings. The molecule has 4 aromatic rings. The van der Waals surface area contributed by atoms with Crippen molar-refractivity contribution in [3.8, 4) is 5.69 Å². The van der Waals surface area contributed by atoms with Crippen LogP contribution in [0.3, 0.4) is 0 Å². The predicted molar refractivity (Wildman–Crippen MR) is 134 cm³/mol. The van der Waals surface area contributed by atoms with Gasteiger partial charge in [-0.05, 0) is 31.2 Å². The van der Waals surface area contributed by atoms with Crippen molar-refractivity contribution >= 4 is 46.1 Å². The molecule has 1 aliphatic carbocycles. The monoisotopic (exact) mass is 599 g/mol. The third-order valence-electron chi connectivity index (χ3n) is 5.35. The molecule has 1 nitrogen and oxygen atoms in total. The van der Waals surface area contributed by atoms with Gasteiger partial charge in [-0.15, -0.1) is 41.1 Å². The number of benzene rings is 2. The van der Waals surface area contributed by atoms with Gasteiger partial charge in [0.25, 0.3) is 0 Å². The Morgan fingerprint density at radius 2 is 1.67 bits per heavy atom. The predicted octanol–water partition coefficient (Wildman–Crippen LogP) is 8.75. The zero-order chi connectivity index (χ0) is 21.7. The molecule has 0 atom stereocenters. The fourth-order valence-electron chi connectivity index (χ4n) is 3.72. The minimum atomic E-state index is -0.145. The van der Waals surface area contributed by atoms with Crippen molar-refractivity contribution in [3.05, 3.63) is 96.2 Å². The number of aryl methyl sites for hydroxylation is 1. The van der Waals surface area contributed by atoms with Gasteiger partial charge >= 0.3 is 43.0 Å². The van der Waals surface area contributed by atoms with Gasteiger partial charge in [-0.3, -0.25) is 6.08 Å². The number of fused-ring (bicyclic) bond motifs is 2. The van der Waals surface area contributed by atoms with E-state index in [-0.39, 0.29) is 24.0 Å². The van der Waals surface area contributed by atoms with E-state index in [9.17, 15) is 0 Å². The number of aromatic nitrogens is 1. The maximum atomic E-state index is 3.23. The van der Waals surface area contributed by atoms with Gasteiger partial charge in [0.15, 0.2) is 0 Å². The van der Waals surface area contributed by atoms with Crippen molar-refractivity contribution in [2.24, 2.45) is 5.41 Å². The molecule has 0 bridgehead atoms. The third kappa shape index (κ3) is 5.39. The quantitative estimate of drug-likeness (QED) is 0.192. The Kier molecular flexibility index (Phi) is 8.24. The number of nitrogens with zero attached hydrogens (tertiary/aromatic N) is 1. The Labute approximate surface area is 202 Å². The Morgan fingerprint density at radius 3 is 2.27 bits per heavy atom. The Balaban J connectivity index is 0.000000214. The first-order valence-electron chi connectivity index (χ1n) is 9.85. The second-order valence-corrected chi connectivity index (χ2v) is 19.2. The standard InChI is InChI=1S/C19H16N.C7H9.2BrH.Zr/c1-13-14(2)20(19-10-6-5-9-18(13)19)17-11-15-7-3-4-8-16(15)12-17;1-7(2)5-3-4-6-7;;;/h3-12H,1-2H3;3-5H,1-2H3;2*1H;/q2*-1;;;+4/p-2. The second kappa shape index (κ2) is 10.5. The molecule has 0 saturated carbocycles. The van der Waals surface area contributed by atoms with Crippen molar-refractivity contribution in [2.45, 2.75) is 27.7 Å². The first kappa shape index (κ1) is 23.6. The average Bonchev–Trinajstić information content (AvgIpc) is 3.40. The molecule has 0 saturated heterocycles. The maximum absolute atomic E-state index is 3.23. The van der Waals surface area contributed by atoms with Crippen LogP contribution in [0.4, 0.5) is 0 Å². The van der Waals surface area contributed by atoms with Gasteiger partial charge in [0.05, 0.1) is 5.52 Å². The molecule has 4 heteroatoms. The summed E-state index contributed by atoms with van der Waals surface area (Å²) in [7, 11) is 0. The molecule has 5 rings (SSSR count). The van der Waals surface area contributed by atoms with Gasteiger partial charge in [-0.25, -0.2) is 12.2 Å². The third-order valence-corrected chi connectivity index (χ3v) is 5.35. The van der Waals surface area contributed by atoms with E-state index in [2.05, 4.69) is 130 Å². The Morgan fingerprint density at radius 1 is 1.00 bits per heavy atom. The summed E-state index contributed by atoms with van der Waals surface area (Å²) >= 11 is 6.32. The van der Waals surface area contributed by atoms with Crippen LogP contribution in [-0.4, -0.2) is 4.57 Å². The molecule has 0 N–H and O–H groups in total. The molecule has 30 heavy (non-hydrogen) atoms. The van der Waals surface area contributed by atoms with E-state index in [4.69, 9.17) is 0 Å². The van der Waals surface area contributed by atoms with Crippen LogP contribution in [0.2, 0.25) is 0 Å². The molecule has 1 aromatic heterocycles. The number of halogens is 2. The molecule has 3 aromatic carbocycles. The van der Waals surface area contributed by atoms with Crippen LogP contribution in [-0.2, 0) is 18.5 Å². The zero-order valence-electron chi connectivity index (χ0n) is 17.7. The first-order chi connectivity index (χ1) is 14.4. The fourth-order valence-corrected chi connectivity index (χ4v) is 3.72. The number of hydrogen-bond donors (Lipinski definition) is 0. The topological polar surface area (TPSA) is 4.93 Å². The van der Waals surface area contributed by atoms with Gasteiger partial charge in [0.1, 0.15) is 0 Å². The van der Waals surface area contributed by atoms with Crippen LogP contribution in [0.15, 0.2) is 78.9 Å². The minimum absolute atomic E-state index is 0.145. The molecule has 0 radical (unpaired) electrons. The summed E-state index contributed by atoms with van der Waals surface area (Å²) in [4.78, 5) is 0. The Hall–Kier alpha value is -1.09. The number of allylic oxidation sites excluding steroid dienone is 4. The van der Waals surface area contributed by atoms with Crippen LogP contribution < -0.4 is 0 Å². The van der Waals surface area contributed by atoms with Gasteiger partial charge in [-0.1, -0.05) is 43.5 Å². The van der Waals surface area contributed by atoms with E-state index in [1.165, 1.54) is 38.6 Å². The molecular formula is C26H25Br2NZr. The zero-order valence-corrected chi connectivity index (χ0v) is 23.3. The molecule has 0 spiro atoms. The van der Waals surface area contributed by atoms with E-state index in [1.54, 1.807) is 0 Å². The number of rotatable bonds is 1. The first-order valence-corrected chi connectivity index (χ1v) is 21.1. The summed E-state index contributed by atoms with van der Waals surface area (Å²) in [5.74, 6) is 0. The molecule has 0 unspecified atom stereocenters. The summed E-state index contributed by atoms with van der Waals surface area (Å²) in [5.41, 5.74) is 5.44. The molecule has 0 amide bonds. The normalized spacial score (nSPS) is 13.5. The van der Waals surface area contributed by atoms with E-state index in [0.29, 0.717) is 0 Å². The van der Waals surface area contributed by atoms with Crippen molar-refractivity contribution in [3.63, 3.8) is 0 Å². The summed E-state index contributed by atoms with van der Waals surface area (Å²) in [6.45, 7) is 8.67. The fraction of sp³-hybridized carbons (Fsp3) is 0.192. The van der Waals surface area contributed by atoms with Crippen molar-refractivity contribution in [2.75, 3.05) is 0 Å². The summed E-state index contributed by atoms with van der Waals surface area (Å²) in [6, 6.07) is 21.7. The van der Waals surface area contributed by atoms with Gasteiger partial charge in [0, 0.05) is 11.1 Å². The molecule has 0 aliphatic heterocycles.